The highest BCUT2D eigenvalue weighted by molar-refractivity contribution is 8.07. The van der Waals surface area contributed by atoms with Crippen LogP contribution in [-0.4, -0.2) is 32.3 Å². The largest absolute Gasteiger partial charge is 0.481 e. The summed E-state index contributed by atoms with van der Waals surface area (Å²) in [6, 6.07) is 0. The summed E-state index contributed by atoms with van der Waals surface area (Å²) in [6.07, 6.45) is 0.0972. The summed E-state index contributed by atoms with van der Waals surface area (Å²) >= 11 is 5.53. The molecule has 100 valence electrons. The first kappa shape index (κ1) is 14.2. The van der Waals surface area contributed by atoms with Gasteiger partial charge in [0.25, 0.3) is 0 Å². The SMILES string of the molecule is Cc1nc(C2CSC(C)C(C)S2)sc1CC(=O)O. The van der Waals surface area contributed by atoms with Crippen molar-refractivity contribution in [2.75, 3.05) is 5.75 Å². The van der Waals surface area contributed by atoms with Gasteiger partial charge in [0.1, 0.15) is 5.01 Å². The summed E-state index contributed by atoms with van der Waals surface area (Å²) in [7, 11) is 0. The van der Waals surface area contributed by atoms with E-state index >= 15 is 0 Å². The summed E-state index contributed by atoms with van der Waals surface area (Å²) in [6.45, 7) is 6.43. The molecule has 1 saturated heterocycles. The summed E-state index contributed by atoms with van der Waals surface area (Å²) < 4.78 is 0. The van der Waals surface area contributed by atoms with Crippen LogP contribution in [0.2, 0.25) is 0 Å². The average Bonchev–Trinajstić information content (AvgIpc) is 2.63. The second-order valence-electron chi connectivity index (χ2n) is 4.50. The Labute approximate surface area is 120 Å². The maximum atomic E-state index is 10.8. The molecule has 2 rings (SSSR count). The molecule has 0 aromatic carbocycles. The van der Waals surface area contributed by atoms with Crippen molar-refractivity contribution < 1.29 is 9.90 Å². The minimum atomic E-state index is -0.777. The minimum Gasteiger partial charge on any atom is -0.481 e. The van der Waals surface area contributed by atoms with Crippen molar-refractivity contribution in [1.29, 1.82) is 0 Å². The number of thiazole rings is 1. The molecule has 0 amide bonds. The van der Waals surface area contributed by atoms with E-state index in [1.54, 1.807) is 11.3 Å². The van der Waals surface area contributed by atoms with Gasteiger partial charge in [-0.3, -0.25) is 4.79 Å². The Bertz CT molecular complexity index is 447. The zero-order valence-corrected chi connectivity index (χ0v) is 13.1. The van der Waals surface area contributed by atoms with Gasteiger partial charge in [0.15, 0.2) is 0 Å². The van der Waals surface area contributed by atoms with Gasteiger partial charge in [0.05, 0.1) is 17.4 Å². The molecule has 1 aliphatic rings. The minimum absolute atomic E-state index is 0.0972. The molecule has 3 unspecified atom stereocenters. The molecule has 3 nitrogen and oxygen atoms in total. The van der Waals surface area contributed by atoms with Gasteiger partial charge in [-0.25, -0.2) is 4.98 Å². The molecule has 0 aliphatic carbocycles. The van der Waals surface area contributed by atoms with Crippen LogP contribution in [0.25, 0.3) is 0 Å². The highest BCUT2D eigenvalue weighted by atomic mass is 32.2. The number of carboxylic acids is 1. The first-order valence-corrected chi connectivity index (χ1v) is 8.73. The fourth-order valence-electron chi connectivity index (χ4n) is 1.80. The van der Waals surface area contributed by atoms with Crippen LogP contribution in [0, 0.1) is 6.92 Å². The molecule has 1 aromatic heterocycles. The maximum Gasteiger partial charge on any atom is 0.308 e. The van der Waals surface area contributed by atoms with Crippen LogP contribution in [0.15, 0.2) is 0 Å². The van der Waals surface area contributed by atoms with Gasteiger partial charge in [-0.15, -0.1) is 23.1 Å². The first-order chi connectivity index (χ1) is 8.47. The number of nitrogens with zero attached hydrogens (tertiary/aromatic N) is 1. The Morgan fingerprint density at radius 3 is 2.78 bits per heavy atom. The van der Waals surface area contributed by atoms with E-state index in [1.165, 1.54) is 0 Å². The van der Waals surface area contributed by atoms with E-state index < -0.39 is 5.97 Å². The van der Waals surface area contributed by atoms with Gasteiger partial charge in [-0.1, -0.05) is 13.8 Å². The van der Waals surface area contributed by atoms with Crippen LogP contribution in [-0.2, 0) is 11.2 Å². The van der Waals surface area contributed by atoms with Gasteiger partial charge < -0.3 is 5.11 Å². The third-order valence-corrected chi connectivity index (χ3v) is 7.87. The highest BCUT2D eigenvalue weighted by Gasteiger charge is 2.29. The Balaban J connectivity index is 2.12. The lowest BCUT2D eigenvalue weighted by molar-refractivity contribution is -0.136. The molecule has 3 atom stereocenters. The first-order valence-electron chi connectivity index (χ1n) is 5.92. The van der Waals surface area contributed by atoms with Crippen molar-refractivity contribution in [1.82, 2.24) is 4.98 Å². The molecular weight excluding hydrogens is 286 g/mol. The molecule has 1 N–H and O–H groups in total. The highest BCUT2D eigenvalue weighted by Crippen LogP contribution is 2.45. The summed E-state index contributed by atoms with van der Waals surface area (Å²) in [5.74, 6) is 0.302. The lowest BCUT2D eigenvalue weighted by Gasteiger charge is -2.30. The van der Waals surface area contributed by atoms with E-state index in [2.05, 4.69) is 18.8 Å². The lowest BCUT2D eigenvalue weighted by Crippen LogP contribution is -2.21. The van der Waals surface area contributed by atoms with Gasteiger partial charge in [-0.2, -0.15) is 11.8 Å². The normalized spacial score (nSPS) is 28.3. The average molecular weight is 303 g/mol. The number of rotatable bonds is 3. The quantitative estimate of drug-likeness (QED) is 0.927. The molecule has 0 radical (unpaired) electrons. The molecule has 0 saturated carbocycles. The zero-order valence-electron chi connectivity index (χ0n) is 10.7. The van der Waals surface area contributed by atoms with E-state index in [4.69, 9.17) is 5.11 Å². The van der Waals surface area contributed by atoms with E-state index in [9.17, 15) is 4.79 Å². The van der Waals surface area contributed by atoms with Gasteiger partial charge in [-0.05, 0) is 6.92 Å². The second-order valence-corrected chi connectivity index (χ2v) is 8.61. The number of hydrogen-bond acceptors (Lipinski definition) is 5. The fraction of sp³-hybridized carbons (Fsp3) is 0.667. The van der Waals surface area contributed by atoms with Crippen LogP contribution in [0.5, 0.6) is 0 Å². The van der Waals surface area contributed by atoms with Crippen LogP contribution >= 0.6 is 34.9 Å². The molecular formula is C12H17NO2S3. The number of aliphatic carboxylic acids is 1. The Morgan fingerprint density at radius 2 is 2.17 bits per heavy atom. The molecule has 0 spiro atoms. The summed E-state index contributed by atoms with van der Waals surface area (Å²) in [4.78, 5) is 16.2. The predicted octanol–water partition coefficient (Wildman–Crippen LogP) is 3.38. The van der Waals surface area contributed by atoms with Gasteiger partial charge in [0, 0.05) is 21.1 Å². The molecule has 1 aromatic rings. The number of aryl methyl sites for hydroxylation is 1. The van der Waals surface area contributed by atoms with Gasteiger partial charge in [0.2, 0.25) is 0 Å². The van der Waals surface area contributed by atoms with E-state index in [0.29, 0.717) is 15.7 Å². The summed E-state index contributed by atoms with van der Waals surface area (Å²) in [5.41, 5.74) is 0.884. The van der Waals surface area contributed by atoms with Crippen LogP contribution in [0.1, 0.15) is 34.7 Å². The van der Waals surface area contributed by atoms with Gasteiger partial charge >= 0.3 is 5.97 Å². The molecule has 2 heterocycles. The number of carboxylic acid groups (broad SMARTS) is 1. The maximum absolute atomic E-state index is 10.8. The lowest BCUT2D eigenvalue weighted by atomic mass is 10.3. The van der Waals surface area contributed by atoms with Crippen LogP contribution in [0.3, 0.4) is 0 Å². The standard InChI is InChI=1S/C12H17NO2S3/c1-6-9(4-11(14)15)18-12(13-6)10-5-16-7(2)8(3)17-10/h7-8,10H,4-5H2,1-3H3,(H,14,15). The monoisotopic (exact) mass is 303 g/mol. The van der Waals surface area contributed by atoms with Crippen molar-refractivity contribution in [3.05, 3.63) is 15.6 Å². The van der Waals surface area contributed by atoms with Crippen molar-refractivity contribution >= 4 is 40.8 Å². The molecule has 18 heavy (non-hydrogen) atoms. The van der Waals surface area contributed by atoms with E-state index in [-0.39, 0.29) is 6.42 Å². The second kappa shape index (κ2) is 5.84. The van der Waals surface area contributed by atoms with Crippen molar-refractivity contribution in [3.63, 3.8) is 0 Å². The summed E-state index contributed by atoms with van der Waals surface area (Å²) in [5, 5.41) is 11.7. The molecule has 0 bridgehead atoms. The Morgan fingerprint density at radius 1 is 1.44 bits per heavy atom. The molecule has 1 aliphatic heterocycles. The predicted molar refractivity (Wildman–Crippen MR) is 79.9 cm³/mol. The number of thioether (sulfide) groups is 2. The molecule has 1 fully saturated rings. The van der Waals surface area contributed by atoms with E-state index in [1.807, 2.05) is 30.4 Å². The third-order valence-electron chi connectivity index (χ3n) is 3.05. The fourth-order valence-corrected chi connectivity index (χ4v) is 6.05. The van der Waals surface area contributed by atoms with Crippen LogP contribution in [0.4, 0.5) is 0 Å². The number of aromatic nitrogens is 1. The van der Waals surface area contributed by atoms with E-state index in [0.717, 1.165) is 21.3 Å². The van der Waals surface area contributed by atoms with Crippen molar-refractivity contribution in [2.45, 2.75) is 42.9 Å². The van der Waals surface area contributed by atoms with Crippen molar-refractivity contribution in [2.24, 2.45) is 0 Å². The topological polar surface area (TPSA) is 50.2 Å². The smallest absolute Gasteiger partial charge is 0.308 e. The Hall–Kier alpha value is -0.200. The molecule has 6 heteroatoms. The number of hydrogen-bond donors (Lipinski definition) is 1. The zero-order chi connectivity index (χ0) is 13.3. The van der Waals surface area contributed by atoms with Crippen LogP contribution < -0.4 is 0 Å². The Kier molecular flexibility index (Phi) is 4.61. The van der Waals surface area contributed by atoms with Crippen molar-refractivity contribution in [3.8, 4) is 0 Å². The third kappa shape index (κ3) is 3.22. The number of carbonyl (C=O) groups is 1.